The Bertz CT molecular complexity index is 822. The summed E-state index contributed by atoms with van der Waals surface area (Å²) in [7, 11) is -3.78. The quantitative estimate of drug-likeness (QED) is 0.907. The lowest BCUT2D eigenvalue weighted by Crippen LogP contribution is -2.17. The second-order valence-corrected chi connectivity index (χ2v) is 7.01. The summed E-state index contributed by atoms with van der Waals surface area (Å²) >= 11 is 0. The molecule has 0 radical (unpaired) electrons. The number of carbonyl (C=O) groups excluding carboxylic acids is 1. The van der Waals surface area contributed by atoms with E-state index in [1.807, 2.05) is 19.9 Å². The van der Waals surface area contributed by atoms with E-state index < -0.39 is 15.9 Å². The van der Waals surface area contributed by atoms with Crippen molar-refractivity contribution in [2.75, 3.05) is 4.72 Å². The highest BCUT2D eigenvalue weighted by Gasteiger charge is 2.17. The zero-order valence-electron chi connectivity index (χ0n) is 12.7. The summed E-state index contributed by atoms with van der Waals surface area (Å²) in [6.45, 7) is 5.48. The summed E-state index contributed by atoms with van der Waals surface area (Å²) < 4.78 is 27.4. The number of hydrogen-bond acceptors (Lipinski definition) is 3. The first-order valence-corrected chi connectivity index (χ1v) is 8.19. The van der Waals surface area contributed by atoms with E-state index in [2.05, 4.69) is 4.72 Å². The molecule has 0 fully saturated rings. The fourth-order valence-electron chi connectivity index (χ4n) is 2.28. The van der Waals surface area contributed by atoms with E-state index in [1.54, 1.807) is 25.1 Å². The van der Waals surface area contributed by atoms with E-state index in [9.17, 15) is 13.2 Å². The van der Waals surface area contributed by atoms with Gasteiger partial charge in [-0.05, 0) is 61.7 Å². The molecule has 2 aromatic rings. The van der Waals surface area contributed by atoms with Gasteiger partial charge in [0.15, 0.2) is 0 Å². The first kappa shape index (κ1) is 16.0. The van der Waals surface area contributed by atoms with Gasteiger partial charge in [0.05, 0.1) is 4.90 Å². The number of rotatable bonds is 4. The van der Waals surface area contributed by atoms with Gasteiger partial charge >= 0.3 is 0 Å². The maximum atomic E-state index is 12.4. The highest BCUT2D eigenvalue weighted by atomic mass is 32.2. The average molecular weight is 318 g/mol. The van der Waals surface area contributed by atoms with Crippen molar-refractivity contribution in [2.24, 2.45) is 5.73 Å². The normalized spacial score (nSPS) is 11.2. The molecular formula is C16H18N2O3S. The molecule has 1 amide bonds. The Morgan fingerprint density at radius 1 is 1.00 bits per heavy atom. The van der Waals surface area contributed by atoms with Crippen molar-refractivity contribution < 1.29 is 13.2 Å². The highest BCUT2D eigenvalue weighted by Crippen LogP contribution is 2.21. The lowest BCUT2D eigenvalue weighted by atomic mass is 10.1. The monoisotopic (exact) mass is 318 g/mol. The largest absolute Gasteiger partial charge is 0.366 e. The first-order chi connectivity index (χ1) is 10.2. The molecule has 0 aliphatic rings. The summed E-state index contributed by atoms with van der Waals surface area (Å²) in [4.78, 5) is 11.4. The number of anilines is 1. The lowest BCUT2D eigenvalue weighted by molar-refractivity contribution is 0.0999. The molecule has 6 heteroatoms. The van der Waals surface area contributed by atoms with E-state index in [0.717, 1.165) is 11.1 Å². The van der Waals surface area contributed by atoms with Crippen LogP contribution in [0.4, 0.5) is 5.69 Å². The molecule has 116 valence electrons. The van der Waals surface area contributed by atoms with Crippen LogP contribution in [0.25, 0.3) is 0 Å². The standard InChI is InChI=1S/C16H18N2O3S/c1-10-6-11(2)8-13(7-10)18-22(20,21)14-5-4-12(3)15(9-14)16(17)19/h4-9,18H,1-3H3,(H2,17,19). The molecule has 0 atom stereocenters. The number of hydrogen-bond donors (Lipinski definition) is 2. The smallest absolute Gasteiger partial charge is 0.261 e. The Balaban J connectivity index is 2.42. The van der Waals surface area contributed by atoms with E-state index in [4.69, 9.17) is 5.73 Å². The van der Waals surface area contributed by atoms with Crippen molar-refractivity contribution in [1.29, 1.82) is 0 Å². The van der Waals surface area contributed by atoms with Crippen LogP contribution in [0.1, 0.15) is 27.0 Å². The first-order valence-electron chi connectivity index (χ1n) is 6.70. The van der Waals surface area contributed by atoms with Gasteiger partial charge in [-0.3, -0.25) is 9.52 Å². The molecular weight excluding hydrogens is 300 g/mol. The highest BCUT2D eigenvalue weighted by molar-refractivity contribution is 7.92. The maximum Gasteiger partial charge on any atom is 0.261 e. The second-order valence-electron chi connectivity index (χ2n) is 5.32. The molecule has 0 aliphatic carbocycles. The van der Waals surface area contributed by atoms with Gasteiger partial charge in [-0.15, -0.1) is 0 Å². The molecule has 0 aliphatic heterocycles. The third-order valence-electron chi connectivity index (χ3n) is 3.26. The van der Waals surface area contributed by atoms with Crippen LogP contribution in [0, 0.1) is 20.8 Å². The molecule has 22 heavy (non-hydrogen) atoms. The molecule has 0 saturated heterocycles. The summed E-state index contributed by atoms with van der Waals surface area (Å²) in [5, 5.41) is 0. The summed E-state index contributed by atoms with van der Waals surface area (Å²) in [5.74, 6) is -0.652. The van der Waals surface area contributed by atoms with Crippen LogP contribution in [0.5, 0.6) is 0 Å². The third-order valence-corrected chi connectivity index (χ3v) is 4.64. The summed E-state index contributed by atoms with van der Waals surface area (Å²) in [5.41, 5.74) is 8.50. The molecule has 0 heterocycles. The predicted molar refractivity (Wildman–Crippen MR) is 86.4 cm³/mol. The van der Waals surface area contributed by atoms with Gasteiger partial charge < -0.3 is 5.73 Å². The molecule has 5 nitrogen and oxygen atoms in total. The van der Waals surface area contributed by atoms with Crippen LogP contribution in [-0.4, -0.2) is 14.3 Å². The molecule has 0 bridgehead atoms. The Hall–Kier alpha value is -2.34. The van der Waals surface area contributed by atoms with Crippen molar-refractivity contribution in [1.82, 2.24) is 0 Å². The van der Waals surface area contributed by atoms with E-state index in [-0.39, 0.29) is 10.5 Å². The SMILES string of the molecule is Cc1cc(C)cc(NS(=O)(=O)c2ccc(C)c(C(N)=O)c2)c1. The lowest BCUT2D eigenvalue weighted by Gasteiger charge is -2.11. The molecule has 0 unspecified atom stereocenters. The minimum Gasteiger partial charge on any atom is -0.366 e. The van der Waals surface area contributed by atoms with Crippen molar-refractivity contribution in [3.8, 4) is 0 Å². The molecule has 0 spiro atoms. The van der Waals surface area contributed by atoms with Gasteiger partial charge in [0.1, 0.15) is 0 Å². The minimum absolute atomic E-state index is 0.00561. The number of aryl methyl sites for hydroxylation is 3. The van der Waals surface area contributed by atoms with Crippen molar-refractivity contribution in [2.45, 2.75) is 25.7 Å². The van der Waals surface area contributed by atoms with Crippen molar-refractivity contribution in [3.05, 3.63) is 58.7 Å². The van der Waals surface area contributed by atoms with Crippen molar-refractivity contribution in [3.63, 3.8) is 0 Å². The fourth-order valence-corrected chi connectivity index (χ4v) is 3.35. The number of nitrogens with one attached hydrogen (secondary N) is 1. The third kappa shape index (κ3) is 3.46. The van der Waals surface area contributed by atoms with Crippen molar-refractivity contribution >= 4 is 21.6 Å². The molecule has 2 rings (SSSR count). The van der Waals surface area contributed by atoms with Gasteiger partial charge in [-0.2, -0.15) is 0 Å². The van der Waals surface area contributed by atoms with Gasteiger partial charge in [0, 0.05) is 11.3 Å². The average Bonchev–Trinajstić information content (AvgIpc) is 2.36. The van der Waals surface area contributed by atoms with E-state index in [0.29, 0.717) is 11.3 Å². The number of benzene rings is 2. The molecule has 3 N–H and O–H groups in total. The Morgan fingerprint density at radius 2 is 1.59 bits per heavy atom. The Kier molecular flexibility index (Phi) is 4.23. The van der Waals surface area contributed by atoms with Gasteiger partial charge in [-0.25, -0.2) is 8.42 Å². The van der Waals surface area contributed by atoms with E-state index in [1.165, 1.54) is 12.1 Å². The molecule has 0 aromatic heterocycles. The van der Waals surface area contributed by atoms with Crippen LogP contribution in [0.2, 0.25) is 0 Å². The fraction of sp³-hybridized carbons (Fsp3) is 0.188. The predicted octanol–water partition coefficient (Wildman–Crippen LogP) is 2.51. The van der Waals surface area contributed by atoms with Crippen LogP contribution < -0.4 is 10.5 Å². The molecule has 0 saturated carbocycles. The number of carbonyl (C=O) groups is 1. The van der Waals surface area contributed by atoms with Crippen LogP contribution in [-0.2, 0) is 10.0 Å². The number of nitrogens with two attached hydrogens (primary N) is 1. The number of amides is 1. The van der Waals surface area contributed by atoms with Crippen LogP contribution in [0.15, 0.2) is 41.3 Å². The Labute approximate surface area is 130 Å². The van der Waals surface area contributed by atoms with Crippen LogP contribution >= 0.6 is 0 Å². The van der Waals surface area contributed by atoms with Crippen LogP contribution in [0.3, 0.4) is 0 Å². The Morgan fingerprint density at radius 3 is 2.14 bits per heavy atom. The molecule has 2 aromatic carbocycles. The zero-order chi connectivity index (χ0) is 16.5. The van der Waals surface area contributed by atoms with Gasteiger partial charge in [-0.1, -0.05) is 12.1 Å². The van der Waals surface area contributed by atoms with Gasteiger partial charge in [0.25, 0.3) is 10.0 Å². The second kappa shape index (κ2) is 5.81. The van der Waals surface area contributed by atoms with Gasteiger partial charge in [0.2, 0.25) is 5.91 Å². The minimum atomic E-state index is -3.78. The topological polar surface area (TPSA) is 89.3 Å². The zero-order valence-corrected chi connectivity index (χ0v) is 13.5. The number of primary amides is 1. The van der Waals surface area contributed by atoms with E-state index >= 15 is 0 Å². The summed E-state index contributed by atoms with van der Waals surface area (Å²) in [6.07, 6.45) is 0. The number of sulfonamides is 1. The summed E-state index contributed by atoms with van der Waals surface area (Å²) in [6, 6.07) is 9.75. The maximum absolute atomic E-state index is 12.4.